The lowest BCUT2D eigenvalue weighted by Gasteiger charge is -2.08. The van der Waals surface area contributed by atoms with Gasteiger partial charge in [0, 0.05) is 11.6 Å². The molecule has 0 aliphatic heterocycles. The molecule has 1 N–H and O–H groups in total. The summed E-state index contributed by atoms with van der Waals surface area (Å²) in [5.74, 6) is 0.801. The molecule has 0 heterocycles. The normalized spacial score (nSPS) is 10.9. The molecule has 0 spiro atoms. The number of nitrogens with zero attached hydrogens (tertiary/aromatic N) is 2. The van der Waals surface area contributed by atoms with Gasteiger partial charge in [-0.3, -0.25) is 14.9 Å². The quantitative estimate of drug-likeness (QED) is 0.446. The highest BCUT2D eigenvalue weighted by atomic mass is 16.6. The summed E-state index contributed by atoms with van der Waals surface area (Å²) in [6.07, 6.45) is 1.39. The Morgan fingerprint density at radius 1 is 1.23 bits per heavy atom. The monoisotopic (exact) mass is 355 g/mol. The molecule has 2 aromatic rings. The molecule has 0 aliphatic rings. The highest BCUT2D eigenvalue weighted by Crippen LogP contribution is 2.18. The molecule has 0 fully saturated rings. The van der Waals surface area contributed by atoms with Crippen molar-refractivity contribution in [3.8, 4) is 5.75 Å². The summed E-state index contributed by atoms with van der Waals surface area (Å²) in [5, 5.41) is 14.8. The van der Waals surface area contributed by atoms with Crippen LogP contribution in [0.1, 0.15) is 25.0 Å². The lowest BCUT2D eigenvalue weighted by atomic mass is 10.1. The predicted molar refractivity (Wildman–Crippen MR) is 99.3 cm³/mol. The second-order valence-electron chi connectivity index (χ2n) is 6.13. The second-order valence-corrected chi connectivity index (χ2v) is 6.13. The fourth-order valence-electron chi connectivity index (χ4n) is 2.14. The van der Waals surface area contributed by atoms with Crippen molar-refractivity contribution in [1.29, 1.82) is 0 Å². The zero-order valence-electron chi connectivity index (χ0n) is 14.7. The summed E-state index contributed by atoms with van der Waals surface area (Å²) in [5.41, 5.74) is 3.44. The van der Waals surface area contributed by atoms with Gasteiger partial charge in [0.15, 0.2) is 0 Å². The van der Waals surface area contributed by atoms with Crippen LogP contribution < -0.4 is 10.2 Å². The van der Waals surface area contributed by atoms with Crippen LogP contribution in [-0.4, -0.2) is 23.7 Å². The highest BCUT2D eigenvalue weighted by molar-refractivity contribution is 5.83. The fourth-order valence-corrected chi connectivity index (χ4v) is 2.14. The minimum Gasteiger partial charge on any atom is -0.493 e. The topological polar surface area (TPSA) is 93.8 Å². The summed E-state index contributed by atoms with van der Waals surface area (Å²) in [4.78, 5) is 22.4. The van der Waals surface area contributed by atoms with Crippen LogP contribution in [0.2, 0.25) is 0 Å². The van der Waals surface area contributed by atoms with Crippen molar-refractivity contribution < 1.29 is 14.5 Å². The number of nitro benzene ring substituents is 1. The molecule has 2 rings (SSSR count). The van der Waals surface area contributed by atoms with Crippen molar-refractivity contribution in [2.45, 2.75) is 20.3 Å². The van der Waals surface area contributed by atoms with Gasteiger partial charge in [-0.15, -0.1) is 0 Å². The summed E-state index contributed by atoms with van der Waals surface area (Å²) in [6.45, 7) is 4.80. The molecule has 0 aromatic heterocycles. The smallest absolute Gasteiger partial charge is 0.273 e. The van der Waals surface area contributed by atoms with Crippen LogP contribution in [0.4, 0.5) is 5.69 Å². The van der Waals surface area contributed by atoms with Crippen LogP contribution in [0, 0.1) is 16.0 Å². The van der Waals surface area contributed by atoms with Crippen molar-refractivity contribution in [2.24, 2.45) is 11.0 Å². The van der Waals surface area contributed by atoms with E-state index in [9.17, 15) is 14.9 Å². The molecule has 0 saturated carbocycles. The molecular formula is C19H21N3O4. The van der Waals surface area contributed by atoms with E-state index in [1.54, 1.807) is 18.2 Å². The molecule has 0 aliphatic carbocycles. The predicted octanol–water partition coefficient (Wildman–Crippen LogP) is 3.32. The number of carbonyl (C=O) groups excluding carboxylic acids is 1. The lowest BCUT2D eigenvalue weighted by Crippen LogP contribution is -2.20. The molecular weight excluding hydrogens is 334 g/mol. The third-order valence-corrected chi connectivity index (χ3v) is 3.41. The first-order valence-electron chi connectivity index (χ1n) is 8.22. The first-order chi connectivity index (χ1) is 12.5. The van der Waals surface area contributed by atoms with E-state index in [1.165, 1.54) is 12.3 Å². The summed E-state index contributed by atoms with van der Waals surface area (Å²) < 4.78 is 5.59. The Morgan fingerprint density at radius 3 is 2.58 bits per heavy atom. The standard InChI is InChI=1S/C19H21N3O4/c1-14(2)13-26-17-9-7-15(8-10-17)12-20-21-19(23)11-16-5-3-4-6-18(16)22(24)25/h3-10,12,14H,11,13H2,1-2H3,(H,21,23)/b20-12+. The Labute approximate surface area is 151 Å². The van der Waals surface area contributed by atoms with Gasteiger partial charge in [-0.1, -0.05) is 32.0 Å². The summed E-state index contributed by atoms with van der Waals surface area (Å²) >= 11 is 0. The van der Waals surface area contributed by atoms with Crippen LogP contribution in [0.15, 0.2) is 53.6 Å². The minimum absolute atomic E-state index is 0.0800. The maximum atomic E-state index is 11.9. The summed E-state index contributed by atoms with van der Waals surface area (Å²) in [7, 11) is 0. The van der Waals surface area contributed by atoms with E-state index in [-0.39, 0.29) is 12.1 Å². The van der Waals surface area contributed by atoms with Crippen molar-refractivity contribution in [3.05, 3.63) is 69.8 Å². The van der Waals surface area contributed by atoms with Gasteiger partial charge in [0.25, 0.3) is 5.69 Å². The third kappa shape index (κ3) is 6.01. The highest BCUT2D eigenvalue weighted by Gasteiger charge is 2.14. The number of hydrogen-bond donors (Lipinski definition) is 1. The van der Waals surface area contributed by atoms with Crippen molar-refractivity contribution in [2.75, 3.05) is 6.61 Å². The zero-order valence-corrected chi connectivity index (χ0v) is 14.7. The number of hydrazone groups is 1. The number of carbonyl (C=O) groups is 1. The van der Waals surface area contributed by atoms with Crippen LogP contribution in [0.25, 0.3) is 0 Å². The van der Waals surface area contributed by atoms with E-state index in [0.29, 0.717) is 18.1 Å². The molecule has 0 bridgehead atoms. The van der Waals surface area contributed by atoms with Gasteiger partial charge >= 0.3 is 0 Å². The van der Waals surface area contributed by atoms with E-state index in [0.717, 1.165) is 11.3 Å². The molecule has 26 heavy (non-hydrogen) atoms. The molecule has 0 saturated heterocycles. The summed E-state index contributed by atoms with van der Waals surface area (Å²) in [6, 6.07) is 13.5. The van der Waals surface area contributed by atoms with Crippen LogP contribution in [-0.2, 0) is 11.2 Å². The van der Waals surface area contributed by atoms with E-state index in [4.69, 9.17) is 4.74 Å². The van der Waals surface area contributed by atoms with Gasteiger partial charge < -0.3 is 4.74 Å². The maximum Gasteiger partial charge on any atom is 0.273 e. The molecule has 136 valence electrons. The Morgan fingerprint density at radius 2 is 1.92 bits per heavy atom. The third-order valence-electron chi connectivity index (χ3n) is 3.41. The number of ether oxygens (including phenoxy) is 1. The Bertz CT molecular complexity index is 786. The Balaban J connectivity index is 1.88. The Hall–Kier alpha value is -3.22. The van der Waals surface area contributed by atoms with Crippen LogP contribution in [0.5, 0.6) is 5.75 Å². The number of para-hydroxylation sites is 1. The number of benzene rings is 2. The van der Waals surface area contributed by atoms with Gasteiger partial charge in [0.1, 0.15) is 5.75 Å². The molecule has 1 amide bonds. The van der Waals surface area contributed by atoms with E-state index < -0.39 is 10.8 Å². The lowest BCUT2D eigenvalue weighted by molar-refractivity contribution is -0.385. The zero-order chi connectivity index (χ0) is 18.9. The largest absolute Gasteiger partial charge is 0.493 e. The number of nitrogens with one attached hydrogen (secondary N) is 1. The van der Waals surface area contributed by atoms with Gasteiger partial charge in [0.05, 0.1) is 24.2 Å². The molecule has 0 unspecified atom stereocenters. The van der Waals surface area contributed by atoms with Crippen molar-refractivity contribution >= 4 is 17.8 Å². The molecule has 0 radical (unpaired) electrons. The van der Waals surface area contributed by atoms with Crippen LogP contribution >= 0.6 is 0 Å². The van der Waals surface area contributed by atoms with E-state index in [2.05, 4.69) is 24.4 Å². The van der Waals surface area contributed by atoms with E-state index in [1.807, 2.05) is 24.3 Å². The van der Waals surface area contributed by atoms with E-state index >= 15 is 0 Å². The maximum absolute atomic E-state index is 11.9. The van der Waals surface area contributed by atoms with Crippen LogP contribution in [0.3, 0.4) is 0 Å². The number of amides is 1. The molecule has 7 nitrogen and oxygen atoms in total. The first kappa shape index (κ1) is 19.1. The van der Waals surface area contributed by atoms with Crippen molar-refractivity contribution in [1.82, 2.24) is 5.43 Å². The first-order valence-corrected chi connectivity index (χ1v) is 8.22. The van der Waals surface area contributed by atoms with Crippen molar-refractivity contribution in [3.63, 3.8) is 0 Å². The SMILES string of the molecule is CC(C)COc1ccc(/C=N/NC(=O)Cc2ccccc2[N+](=O)[O-])cc1. The fraction of sp³-hybridized carbons (Fsp3) is 0.263. The second kappa shape index (κ2) is 9.31. The average Bonchev–Trinajstić information content (AvgIpc) is 2.61. The molecule has 0 atom stereocenters. The number of nitro groups is 1. The number of rotatable bonds is 8. The molecule has 2 aromatic carbocycles. The minimum atomic E-state index is -0.505. The number of hydrogen-bond acceptors (Lipinski definition) is 5. The van der Waals surface area contributed by atoms with Gasteiger partial charge in [0.2, 0.25) is 5.91 Å². The van der Waals surface area contributed by atoms with Gasteiger partial charge in [-0.25, -0.2) is 5.43 Å². The molecule has 7 heteroatoms. The van der Waals surface area contributed by atoms with Gasteiger partial charge in [-0.2, -0.15) is 5.10 Å². The average molecular weight is 355 g/mol. The Kier molecular flexibility index (Phi) is 6.84. The van der Waals surface area contributed by atoms with Gasteiger partial charge in [-0.05, 0) is 35.7 Å².